The molecule has 32 heavy (non-hydrogen) atoms. The number of sulfonamides is 1. The molecule has 170 valence electrons. The lowest BCUT2D eigenvalue weighted by Crippen LogP contribution is -2.35. The van der Waals surface area contributed by atoms with Crippen molar-refractivity contribution in [3.05, 3.63) is 46.5 Å². The van der Waals surface area contributed by atoms with E-state index in [-0.39, 0.29) is 22.0 Å². The number of hydrogen-bond acceptors (Lipinski definition) is 6. The minimum absolute atomic E-state index is 0.00353. The van der Waals surface area contributed by atoms with Crippen LogP contribution in [0.4, 0.5) is 5.69 Å². The van der Waals surface area contributed by atoms with Crippen LogP contribution in [-0.2, 0) is 16.6 Å². The fraction of sp³-hybridized carbons (Fsp3) is 0.364. The molecule has 0 saturated carbocycles. The molecule has 1 N–H and O–H groups in total. The minimum atomic E-state index is -3.91. The molecule has 2 aromatic rings. The maximum Gasteiger partial charge on any atom is 0.286 e. The predicted molar refractivity (Wildman–Crippen MR) is 123 cm³/mol. The first-order valence-electron chi connectivity index (χ1n) is 10.3. The van der Waals surface area contributed by atoms with Gasteiger partial charge in [-0.05, 0) is 42.7 Å². The highest BCUT2D eigenvalue weighted by molar-refractivity contribution is 7.90. The van der Waals surface area contributed by atoms with Gasteiger partial charge in [-0.3, -0.25) is 4.79 Å². The summed E-state index contributed by atoms with van der Waals surface area (Å²) in [7, 11) is -0.829. The SMILES string of the molecule is COc1ccc(CNC(=O)c2cc3c(cc2Cl)N2CCCCCC2=NS3(=O)=O)cc1OC. The number of carbonyl (C=O) groups excluding carboxylic acids is 1. The number of halogens is 1. The number of anilines is 1. The zero-order chi connectivity index (χ0) is 22.9. The van der Waals surface area contributed by atoms with E-state index < -0.39 is 15.9 Å². The third-order valence-corrected chi connectivity index (χ3v) is 7.23. The van der Waals surface area contributed by atoms with Gasteiger partial charge in [0.2, 0.25) is 0 Å². The van der Waals surface area contributed by atoms with Crippen LogP contribution in [0, 0.1) is 0 Å². The molecule has 2 heterocycles. The molecule has 8 nitrogen and oxygen atoms in total. The van der Waals surface area contributed by atoms with Crippen molar-refractivity contribution in [3.63, 3.8) is 0 Å². The molecule has 2 aliphatic heterocycles. The lowest BCUT2D eigenvalue weighted by Gasteiger charge is -2.30. The van der Waals surface area contributed by atoms with E-state index in [1.807, 2.05) is 4.90 Å². The van der Waals surface area contributed by atoms with Crippen LogP contribution in [0.3, 0.4) is 0 Å². The number of carbonyl (C=O) groups is 1. The van der Waals surface area contributed by atoms with E-state index in [9.17, 15) is 13.2 Å². The fourth-order valence-electron chi connectivity index (χ4n) is 3.94. The smallest absolute Gasteiger partial charge is 0.286 e. The van der Waals surface area contributed by atoms with E-state index in [1.54, 1.807) is 31.4 Å². The van der Waals surface area contributed by atoms with Crippen molar-refractivity contribution in [2.75, 3.05) is 25.7 Å². The Balaban J connectivity index is 1.60. The summed E-state index contributed by atoms with van der Waals surface area (Å²) in [6.45, 7) is 0.871. The summed E-state index contributed by atoms with van der Waals surface area (Å²) >= 11 is 6.43. The molecular weight excluding hydrogens is 454 g/mol. The van der Waals surface area contributed by atoms with Gasteiger partial charge in [0.1, 0.15) is 10.7 Å². The number of hydrogen-bond donors (Lipinski definition) is 1. The topological polar surface area (TPSA) is 97.3 Å². The number of ether oxygens (including phenoxy) is 2. The monoisotopic (exact) mass is 477 g/mol. The average Bonchev–Trinajstić information content (AvgIpc) is 3.01. The first kappa shape index (κ1) is 22.4. The number of amidine groups is 1. The predicted octanol–water partition coefficient (Wildman–Crippen LogP) is 3.77. The van der Waals surface area contributed by atoms with Gasteiger partial charge in [-0.1, -0.05) is 24.1 Å². The molecule has 0 aliphatic carbocycles. The molecule has 4 rings (SSSR count). The maximum absolute atomic E-state index is 12.9. The van der Waals surface area contributed by atoms with Crippen molar-refractivity contribution in [3.8, 4) is 11.5 Å². The van der Waals surface area contributed by atoms with Crippen LogP contribution >= 0.6 is 11.6 Å². The Hall–Kier alpha value is -2.78. The van der Waals surface area contributed by atoms with Crippen LogP contribution in [0.5, 0.6) is 11.5 Å². The largest absolute Gasteiger partial charge is 0.493 e. The van der Waals surface area contributed by atoms with E-state index in [1.165, 1.54) is 13.2 Å². The second kappa shape index (κ2) is 8.99. The van der Waals surface area contributed by atoms with Crippen LogP contribution < -0.4 is 19.7 Å². The van der Waals surface area contributed by atoms with Gasteiger partial charge < -0.3 is 19.7 Å². The van der Waals surface area contributed by atoms with Crippen molar-refractivity contribution in [1.82, 2.24) is 5.32 Å². The van der Waals surface area contributed by atoms with E-state index in [4.69, 9.17) is 21.1 Å². The number of nitrogens with zero attached hydrogens (tertiary/aromatic N) is 2. The van der Waals surface area contributed by atoms with Gasteiger partial charge in [0, 0.05) is 19.5 Å². The summed E-state index contributed by atoms with van der Waals surface area (Å²) in [5.74, 6) is 1.19. The number of rotatable bonds is 5. The summed E-state index contributed by atoms with van der Waals surface area (Å²) in [5, 5.41) is 2.97. The fourth-order valence-corrected chi connectivity index (χ4v) is 5.45. The lowest BCUT2D eigenvalue weighted by molar-refractivity contribution is 0.0951. The molecule has 0 aromatic heterocycles. The number of fused-ring (bicyclic) bond motifs is 3. The molecule has 2 aromatic carbocycles. The lowest BCUT2D eigenvalue weighted by atomic mass is 10.1. The Bertz CT molecular complexity index is 1200. The van der Waals surface area contributed by atoms with Crippen molar-refractivity contribution in [2.45, 2.75) is 37.1 Å². The van der Waals surface area contributed by atoms with Crippen molar-refractivity contribution in [2.24, 2.45) is 4.40 Å². The summed E-state index contributed by atoms with van der Waals surface area (Å²) in [5.41, 5.74) is 1.36. The summed E-state index contributed by atoms with van der Waals surface area (Å²) in [6.07, 6.45) is 3.44. The summed E-state index contributed by atoms with van der Waals surface area (Å²) < 4.78 is 40.2. The quantitative estimate of drug-likeness (QED) is 0.704. The molecular formula is C22H24ClN3O5S. The molecule has 0 radical (unpaired) electrons. The van der Waals surface area contributed by atoms with Crippen LogP contribution in [-0.4, -0.2) is 40.9 Å². The highest BCUT2D eigenvalue weighted by Crippen LogP contribution is 2.38. The summed E-state index contributed by atoms with van der Waals surface area (Å²) in [6, 6.07) is 8.18. The van der Waals surface area contributed by atoms with Gasteiger partial charge in [0.15, 0.2) is 11.5 Å². The van der Waals surface area contributed by atoms with Gasteiger partial charge in [-0.2, -0.15) is 8.42 Å². The van der Waals surface area contributed by atoms with Gasteiger partial charge in [0.05, 0.1) is 30.5 Å². The highest BCUT2D eigenvalue weighted by Gasteiger charge is 2.33. The number of nitrogens with one attached hydrogen (secondary N) is 1. The van der Waals surface area contributed by atoms with Gasteiger partial charge in [-0.25, -0.2) is 0 Å². The average molecular weight is 478 g/mol. The molecule has 0 bridgehead atoms. The van der Waals surface area contributed by atoms with Crippen LogP contribution in [0.1, 0.15) is 41.6 Å². The Morgan fingerprint density at radius 1 is 1.12 bits per heavy atom. The molecule has 1 saturated heterocycles. The third kappa shape index (κ3) is 4.27. The summed E-state index contributed by atoms with van der Waals surface area (Å²) in [4.78, 5) is 14.8. The Labute approximate surface area is 192 Å². The van der Waals surface area contributed by atoms with E-state index >= 15 is 0 Å². The number of benzene rings is 2. The van der Waals surface area contributed by atoms with Gasteiger partial charge in [-0.15, -0.1) is 4.40 Å². The molecule has 1 fully saturated rings. The zero-order valence-electron chi connectivity index (χ0n) is 17.9. The standard InChI is InChI=1S/C22H24ClN3O5S/c1-30-18-8-7-14(10-19(18)31-2)13-24-22(27)15-11-20-17(12-16(15)23)26-9-5-3-4-6-21(26)25-32(20,28)29/h7-8,10-12H,3-6,9,13H2,1-2H3,(H,24,27). The maximum atomic E-state index is 12.9. The molecule has 0 atom stereocenters. The van der Waals surface area contributed by atoms with Gasteiger partial charge >= 0.3 is 0 Å². The second-order valence-corrected chi connectivity index (χ2v) is 9.60. The molecule has 0 spiro atoms. The Morgan fingerprint density at radius 2 is 1.91 bits per heavy atom. The van der Waals surface area contributed by atoms with E-state index in [0.29, 0.717) is 36.0 Å². The van der Waals surface area contributed by atoms with E-state index in [2.05, 4.69) is 9.71 Å². The minimum Gasteiger partial charge on any atom is -0.493 e. The molecule has 1 amide bonds. The van der Waals surface area contributed by atoms with Crippen molar-refractivity contribution >= 4 is 39.1 Å². The number of amides is 1. The number of methoxy groups -OCH3 is 2. The normalized spacial score (nSPS) is 16.8. The van der Waals surface area contributed by atoms with Crippen LogP contribution in [0.15, 0.2) is 39.6 Å². The van der Waals surface area contributed by atoms with Crippen molar-refractivity contribution in [1.29, 1.82) is 0 Å². The Morgan fingerprint density at radius 3 is 2.66 bits per heavy atom. The third-order valence-electron chi connectivity index (χ3n) is 5.58. The second-order valence-electron chi connectivity index (χ2n) is 7.62. The first-order chi connectivity index (χ1) is 15.3. The molecule has 2 aliphatic rings. The van der Waals surface area contributed by atoms with Crippen LogP contribution in [0.2, 0.25) is 5.02 Å². The highest BCUT2D eigenvalue weighted by atomic mass is 35.5. The zero-order valence-corrected chi connectivity index (χ0v) is 19.4. The van der Waals surface area contributed by atoms with Crippen molar-refractivity contribution < 1.29 is 22.7 Å². The Kier molecular flexibility index (Phi) is 6.30. The first-order valence-corrected chi connectivity index (χ1v) is 12.1. The molecule has 10 heteroatoms. The van der Waals surface area contributed by atoms with Gasteiger partial charge in [0.25, 0.3) is 15.9 Å². The molecule has 0 unspecified atom stereocenters. The van der Waals surface area contributed by atoms with E-state index in [0.717, 1.165) is 24.8 Å². The van der Waals surface area contributed by atoms with Crippen LogP contribution in [0.25, 0.3) is 0 Å².